The Morgan fingerprint density at radius 3 is 2.96 bits per heavy atom. The highest BCUT2D eigenvalue weighted by Crippen LogP contribution is 2.25. The molecular weight excluding hydrogens is 306 g/mol. The van der Waals surface area contributed by atoms with Crippen LogP contribution in [-0.2, 0) is 6.61 Å². The number of amides is 1. The molecule has 6 nitrogen and oxygen atoms in total. The van der Waals surface area contributed by atoms with Crippen molar-refractivity contribution in [2.75, 3.05) is 0 Å². The predicted molar refractivity (Wildman–Crippen MR) is 88.7 cm³/mol. The molecule has 2 aromatic rings. The van der Waals surface area contributed by atoms with Crippen LogP contribution in [0.15, 0.2) is 28.8 Å². The second kappa shape index (κ2) is 7.47. The fourth-order valence-electron chi connectivity index (χ4n) is 3.15. The normalized spacial score (nSPS) is 20.6. The molecule has 128 valence electrons. The first kappa shape index (κ1) is 16.5. The number of aryl methyl sites for hydroxylation is 1. The topological polar surface area (TPSA) is 77.2 Å². The Bertz CT molecular complexity index is 698. The summed E-state index contributed by atoms with van der Waals surface area (Å²) in [5.74, 6) is 2.06. The van der Waals surface area contributed by atoms with Crippen LogP contribution < -0.4 is 10.1 Å². The summed E-state index contributed by atoms with van der Waals surface area (Å²) in [6.07, 6.45) is 4.50. The van der Waals surface area contributed by atoms with Crippen LogP contribution in [0, 0.1) is 12.8 Å². The Balaban J connectivity index is 1.65. The maximum absolute atomic E-state index is 12.6. The molecule has 0 radical (unpaired) electrons. The van der Waals surface area contributed by atoms with E-state index in [9.17, 15) is 4.79 Å². The van der Waals surface area contributed by atoms with Gasteiger partial charge >= 0.3 is 0 Å². The number of carbonyl (C=O) groups is 1. The van der Waals surface area contributed by atoms with Gasteiger partial charge in [0.15, 0.2) is 6.61 Å². The summed E-state index contributed by atoms with van der Waals surface area (Å²) in [5, 5.41) is 6.94. The number of rotatable bonds is 5. The number of hydrogen-bond acceptors (Lipinski definition) is 5. The van der Waals surface area contributed by atoms with Crippen LogP contribution >= 0.6 is 0 Å². The van der Waals surface area contributed by atoms with E-state index >= 15 is 0 Å². The van der Waals surface area contributed by atoms with Crippen LogP contribution in [0.3, 0.4) is 0 Å². The lowest BCUT2D eigenvalue weighted by Crippen LogP contribution is -2.38. The van der Waals surface area contributed by atoms with Crippen LogP contribution in [-0.4, -0.2) is 22.1 Å². The van der Waals surface area contributed by atoms with E-state index in [1.165, 1.54) is 12.8 Å². The molecular formula is C18H23N3O3. The van der Waals surface area contributed by atoms with Crippen molar-refractivity contribution < 1.29 is 14.1 Å². The van der Waals surface area contributed by atoms with Crippen LogP contribution in [0.5, 0.6) is 5.75 Å². The first-order valence-electron chi connectivity index (χ1n) is 8.43. The van der Waals surface area contributed by atoms with Crippen molar-refractivity contribution in [2.24, 2.45) is 5.92 Å². The van der Waals surface area contributed by atoms with E-state index < -0.39 is 0 Å². The largest absolute Gasteiger partial charge is 0.485 e. The fraction of sp³-hybridized carbons (Fsp3) is 0.500. The second-order valence-corrected chi connectivity index (χ2v) is 6.46. The van der Waals surface area contributed by atoms with Crippen molar-refractivity contribution >= 4 is 5.91 Å². The fourth-order valence-corrected chi connectivity index (χ4v) is 3.15. The zero-order valence-electron chi connectivity index (χ0n) is 14.1. The van der Waals surface area contributed by atoms with Gasteiger partial charge in [-0.1, -0.05) is 37.1 Å². The van der Waals surface area contributed by atoms with Crippen LogP contribution in [0.25, 0.3) is 0 Å². The highest BCUT2D eigenvalue weighted by molar-refractivity contribution is 5.97. The van der Waals surface area contributed by atoms with Gasteiger partial charge in [-0.05, 0) is 30.9 Å². The third-order valence-electron chi connectivity index (χ3n) is 4.33. The van der Waals surface area contributed by atoms with Crippen molar-refractivity contribution in [3.05, 3.63) is 41.5 Å². The van der Waals surface area contributed by atoms with Crippen molar-refractivity contribution in [3.63, 3.8) is 0 Å². The summed E-state index contributed by atoms with van der Waals surface area (Å²) in [6, 6.07) is 7.48. The second-order valence-electron chi connectivity index (χ2n) is 6.46. The quantitative estimate of drug-likeness (QED) is 0.911. The molecule has 0 bridgehead atoms. The van der Waals surface area contributed by atoms with Gasteiger partial charge in [-0.3, -0.25) is 4.79 Å². The van der Waals surface area contributed by atoms with Gasteiger partial charge in [-0.25, -0.2) is 0 Å². The molecule has 0 aliphatic heterocycles. The minimum absolute atomic E-state index is 0.0889. The molecule has 0 saturated heterocycles. The Hall–Kier alpha value is -2.37. The Labute approximate surface area is 141 Å². The summed E-state index contributed by atoms with van der Waals surface area (Å²) < 4.78 is 10.6. The van der Waals surface area contributed by atoms with E-state index in [1.807, 2.05) is 12.1 Å². The number of carbonyl (C=O) groups excluding carboxylic acids is 1. The number of benzene rings is 1. The molecule has 1 aliphatic carbocycles. The van der Waals surface area contributed by atoms with Gasteiger partial charge in [-0.2, -0.15) is 4.98 Å². The van der Waals surface area contributed by atoms with Gasteiger partial charge in [-0.15, -0.1) is 0 Å². The molecule has 3 rings (SSSR count). The molecule has 1 aliphatic rings. The molecule has 1 N–H and O–H groups in total. The molecule has 1 aromatic heterocycles. The molecule has 1 amide bonds. The average Bonchev–Trinajstić information content (AvgIpc) is 2.99. The van der Waals surface area contributed by atoms with Gasteiger partial charge < -0.3 is 14.6 Å². The summed E-state index contributed by atoms with van der Waals surface area (Å²) in [7, 11) is 0. The van der Waals surface area contributed by atoms with Gasteiger partial charge in [0.05, 0.1) is 5.56 Å². The predicted octanol–water partition coefficient (Wildman–Crippen LogP) is 3.27. The van der Waals surface area contributed by atoms with Crippen LogP contribution in [0.2, 0.25) is 0 Å². The van der Waals surface area contributed by atoms with Gasteiger partial charge in [0.2, 0.25) is 11.7 Å². The minimum Gasteiger partial charge on any atom is -0.485 e. The lowest BCUT2D eigenvalue weighted by molar-refractivity contribution is 0.0916. The highest BCUT2D eigenvalue weighted by atomic mass is 16.5. The maximum atomic E-state index is 12.6. The summed E-state index contributed by atoms with van der Waals surface area (Å²) >= 11 is 0. The van der Waals surface area contributed by atoms with E-state index in [1.54, 1.807) is 19.1 Å². The zero-order chi connectivity index (χ0) is 16.9. The van der Waals surface area contributed by atoms with E-state index in [4.69, 9.17) is 9.26 Å². The molecule has 1 saturated carbocycles. The lowest BCUT2D eigenvalue weighted by atomic mass is 9.87. The Morgan fingerprint density at radius 2 is 2.21 bits per heavy atom. The van der Waals surface area contributed by atoms with Gasteiger partial charge in [0.25, 0.3) is 5.91 Å². The number of ether oxygens (including phenoxy) is 1. The monoisotopic (exact) mass is 329 g/mol. The lowest BCUT2D eigenvalue weighted by Gasteiger charge is -2.27. The average molecular weight is 329 g/mol. The van der Waals surface area contributed by atoms with E-state index in [-0.39, 0.29) is 18.6 Å². The molecule has 1 fully saturated rings. The number of nitrogens with one attached hydrogen (secondary N) is 1. The van der Waals surface area contributed by atoms with Gasteiger partial charge in [0.1, 0.15) is 5.75 Å². The Kier molecular flexibility index (Phi) is 5.13. The molecule has 2 unspecified atom stereocenters. The van der Waals surface area contributed by atoms with Crippen LogP contribution in [0.4, 0.5) is 0 Å². The minimum atomic E-state index is -0.0889. The van der Waals surface area contributed by atoms with E-state index in [2.05, 4.69) is 22.4 Å². The molecule has 1 heterocycles. The maximum Gasteiger partial charge on any atom is 0.255 e. The third kappa shape index (κ3) is 4.13. The van der Waals surface area contributed by atoms with Crippen molar-refractivity contribution in [2.45, 2.75) is 52.2 Å². The summed E-state index contributed by atoms with van der Waals surface area (Å²) in [4.78, 5) is 16.7. The standard InChI is InChI=1S/C18H23N3O3/c1-12-6-5-7-14(10-12)20-18(22)15-8-3-4-9-16(15)23-11-17-19-13(2)24-21-17/h3-4,8-9,12,14H,5-7,10-11H2,1-2H3,(H,20,22). The smallest absolute Gasteiger partial charge is 0.255 e. The Morgan fingerprint density at radius 1 is 1.38 bits per heavy atom. The van der Waals surface area contributed by atoms with Crippen molar-refractivity contribution in [1.29, 1.82) is 0 Å². The molecule has 2 atom stereocenters. The summed E-state index contributed by atoms with van der Waals surface area (Å²) in [5.41, 5.74) is 0.538. The molecule has 0 spiro atoms. The van der Waals surface area contributed by atoms with Crippen molar-refractivity contribution in [1.82, 2.24) is 15.5 Å². The zero-order valence-corrected chi connectivity index (χ0v) is 14.1. The van der Waals surface area contributed by atoms with Crippen molar-refractivity contribution in [3.8, 4) is 5.75 Å². The van der Waals surface area contributed by atoms with Crippen LogP contribution in [0.1, 0.15) is 54.7 Å². The molecule has 24 heavy (non-hydrogen) atoms. The van der Waals surface area contributed by atoms with E-state index in [0.29, 0.717) is 28.9 Å². The van der Waals surface area contributed by atoms with Gasteiger partial charge in [0, 0.05) is 13.0 Å². The number of nitrogens with zero attached hydrogens (tertiary/aromatic N) is 2. The molecule has 6 heteroatoms. The number of aromatic nitrogens is 2. The summed E-state index contributed by atoms with van der Waals surface area (Å²) in [6.45, 7) is 4.13. The third-order valence-corrected chi connectivity index (χ3v) is 4.33. The van der Waals surface area contributed by atoms with E-state index in [0.717, 1.165) is 12.8 Å². The SMILES string of the molecule is Cc1nc(COc2ccccc2C(=O)NC2CCCC(C)C2)no1. The number of hydrogen-bond donors (Lipinski definition) is 1. The number of para-hydroxylation sites is 1. The first-order valence-corrected chi connectivity index (χ1v) is 8.43. The molecule has 1 aromatic carbocycles. The first-order chi connectivity index (χ1) is 11.6. The highest BCUT2D eigenvalue weighted by Gasteiger charge is 2.22.